The van der Waals surface area contributed by atoms with Crippen LogP contribution >= 0.6 is 0 Å². The number of likely N-dealkylation sites (tertiary alicyclic amines) is 1. The van der Waals surface area contributed by atoms with Gasteiger partial charge in [-0.05, 0) is 32.1 Å². The lowest BCUT2D eigenvalue weighted by Crippen LogP contribution is -2.33. The zero-order chi connectivity index (χ0) is 13.6. The van der Waals surface area contributed by atoms with Gasteiger partial charge in [0.15, 0.2) is 0 Å². The molecule has 0 aromatic rings. The summed E-state index contributed by atoms with van der Waals surface area (Å²) in [7, 11) is 0. The van der Waals surface area contributed by atoms with Crippen LogP contribution < -0.4 is 0 Å². The molecule has 4 nitrogen and oxygen atoms in total. The van der Waals surface area contributed by atoms with E-state index in [1.165, 1.54) is 4.90 Å². The van der Waals surface area contributed by atoms with Crippen LogP contribution in [0, 0.1) is 11.8 Å². The lowest BCUT2D eigenvalue weighted by atomic mass is 9.97. The second-order valence-electron chi connectivity index (χ2n) is 6.14. The lowest BCUT2D eigenvalue weighted by Gasteiger charge is -2.15. The van der Waals surface area contributed by atoms with E-state index in [0.717, 1.165) is 38.5 Å². The molecular weight excluding hydrogens is 242 g/mol. The van der Waals surface area contributed by atoms with Crippen LogP contribution in [0.25, 0.3) is 0 Å². The van der Waals surface area contributed by atoms with Gasteiger partial charge in [-0.2, -0.15) is 0 Å². The molecule has 0 N–H and O–H groups in total. The molecule has 3 rings (SSSR count). The van der Waals surface area contributed by atoms with Gasteiger partial charge in [0.25, 0.3) is 0 Å². The quantitative estimate of drug-likeness (QED) is 0.565. The zero-order valence-corrected chi connectivity index (χ0v) is 11.9. The molecule has 0 aromatic heterocycles. The number of epoxide rings is 1. The van der Waals surface area contributed by atoms with Crippen LogP contribution in [0.3, 0.4) is 0 Å². The molecule has 2 heterocycles. The maximum atomic E-state index is 12.2. The van der Waals surface area contributed by atoms with E-state index >= 15 is 0 Å². The van der Waals surface area contributed by atoms with Crippen LogP contribution in [0.15, 0.2) is 0 Å². The zero-order valence-electron chi connectivity index (χ0n) is 11.9. The molecule has 1 saturated carbocycles. The number of hydrogen-bond acceptors (Lipinski definition) is 3. The van der Waals surface area contributed by atoms with Gasteiger partial charge in [0.1, 0.15) is 0 Å². The van der Waals surface area contributed by atoms with Crippen molar-refractivity contribution in [2.75, 3.05) is 6.54 Å². The number of carbonyl (C=O) groups excluding carboxylic acids is 2. The molecule has 3 fully saturated rings. The summed E-state index contributed by atoms with van der Waals surface area (Å²) in [5, 5.41) is 0. The van der Waals surface area contributed by atoms with Gasteiger partial charge in [-0.1, -0.05) is 20.3 Å². The largest absolute Gasteiger partial charge is 0.366 e. The van der Waals surface area contributed by atoms with E-state index in [0.29, 0.717) is 6.54 Å². The summed E-state index contributed by atoms with van der Waals surface area (Å²) in [4.78, 5) is 25.9. The van der Waals surface area contributed by atoms with Gasteiger partial charge >= 0.3 is 0 Å². The van der Waals surface area contributed by atoms with Crippen molar-refractivity contribution in [2.45, 2.75) is 64.1 Å². The van der Waals surface area contributed by atoms with Crippen LogP contribution in [-0.4, -0.2) is 35.0 Å². The topological polar surface area (TPSA) is 49.9 Å². The van der Waals surface area contributed by atoms with Crippen LogP contribution in [0.4, 0.5) is 0 Å². The van der Waals surface area contributed by atoms with E-state index in [-0.39, 0.29) is 35.4 Å². The summed E-state index contributed by atoms with van der Waals surface area (Å²) in [6.45, 7) is 4.83. The molecule has 3 unspecified atom stereocenters. The predicted octanol–water partition coefficient (Wildman–Crippen LogP) is 2.12. The van der Waals surface area contributed by atoms with E-state index in [1.54, 1.807) is 0 Å². The number of imide groups is 1. The molecular formula is C15H23NO3. The number of nitrogens with zero attached hydrogens (tertiary/aromatic N) is 1. The van der Waals surface area contributed by atoms with Crippen molar-refractivity contribution in [2.24, 2.45) is 11.8 Å². The molecule has 3 atom stereocenters. The van der Waals surface area contributed by atoms with Crippen LogP contribution in [0.1, 0.15) is 52.4 Å². The molecule has 1 aliphatic carbocycles. The van der Waals surface area contributed by atoms with Gasteiger partial charge < -0.3 is 4.74 Å². The molecule has 0 aromatic carbocycles. The standard InChI is InChI=1S/C15H23NO3/c1-3-15(4-2)12(19-15)8-9-16-13(17)10-6-5-7-11(10)14(16)18/h10-12H,3-9H2,1-2H3. The number of amides is 2. The molecule has 0 bridgehead atoms. The van der Waals surface area contributed by atoms with Gasteiger partial charge in [-0.3, -0.25) is 14.5 Å². The molecule has 19 heavy (non-hydrogen) atoms. The Balaban J connectivity index is 1.57. The van der Waals surface area contributed by atoms with Gasteiger partial charge in [0.2, 0.25) is 11.8 Å². The summed E-state index contributed by atoms with van der Waals surface area (Å²) in [6, 6.07) is 0. The average molecular weight is 265 g/mol. The molecule has 2 saturated heterocycles. The second-order valence-corrected chi connectivity index (χ2v) is 6.14. The molecule has 2 aliphatic heterocycles. The minimum atomic E-state index is -0.00488. The number of ether oxygens (including phenoxy) is 1. The highest BCUT2D eigenvalue weighted by atomic mass is 16.6. The first-order valence-electron chi connectivity index (χ1n) is 7.66. The molecule has 2 amide bonds. The fourth-order valence-corrected chi connectivity index (χ4v) is 3.97. The first-order chi connectivity index (χ1) is 9.13. The Labute approximate surface area is 114 Å². The normalized spacial score (nSPS) is 35.9. The number of carbonyl (C=O) groups is 2. The van der Waals surface area contributed by atoms with E-state index < -0.39 is 0 Å². The fraction of sp³-hybridized carbons (Fsp3) is 0.867. The van der Waals surface area contributed by atoms with Crippen molar-refractivity contribution < 1.29 is 14.3 Å². The predicted molar refractivity (Wildman–Crippen MR) is 70.4 cm³/mol. The van der Waals surface area contributed by atoms with Gasteiger partial charge in [0.05, 0.1) is 23.5 Å². The summed E-state index contributed by atoms with van der Waals surface area (Å²) in [5.74, 6) is 0.142. The lowest BCUT2D eigenvalue weighted by molar-refractivity contribution is -0.140. The van der Waals surface area contributed by atoms with Crippen LogP contribution in [0.5, 0.6) is 0 Å². The second kappa shape index (κ2) is 4.58. The monoisotopic (exact) mass is 265 g/mol. The van der Waals surface area contributed by atoms with Gasteiger partial charge in [0, 0.05) is 6.54 Å². The Kier molecular flexibility index (Phi) is 3.16. The smallest absolute Gasteiger partial charge is 0.233 e. The van der Waals surface area contributed by atoms with E-state index in [4.69, 9.17) is 4.74 Å². The van der Waals surface area contributed by atoms with Crippen molar-refractivity contribution in [3.63, 3.8) is 0 Å². The minimum absolute atomic E-state index is 0.00488. The maximum absolute atomic E-state index is 12.2. The Bertz CT molecular complexity index is 380. The third kappa shape index (κ3) is 1.92. The van der Waals surface area contributed by atoms with E-state index in [2.05, 4.69) is 13.8 Å². The Hall–Kier alpha value is -0.900. The maximum Gasteiger partial charge on any atom is 0.233 e. The fourth-order valence-electron chi connectivity index (χ4n) is 3.97. The SMILES string of the molecule is CCC1(CC)OC1CCN1C(=O)C2CCCC2C1=O. The van der Waals surface area contributed by atoms with Crippen molar-refractivity contribution in [3.05, 3.63) is 0 Å². The highest BCUT2D eigenvalue weighted by Crippen LogP contribution is 2.45. The van der Waals surface area contributed by atoms with E-state index in [9.17, 15) is 9.59 Å². The highest BCUT2D eigenvalue weighted by Gasteiger charge is 2.54. The van der Waals surface area contributed by atoms with Gasteiger partial charge in [-0.25, -0.2) is 0 Å². The van der Waals surface area contributed by atoms with Crippen LogP contribution in [-0.2, 0) is 14.3 Å². The van der Waals surface area contributed by atoms with E-state index in [1.807, 2.05) is 0 Å². The third-order valence-electron chi connectivity index (χ3n) is 5.40. The first kappa shape index (κ1) is 13.1. The molecule has 3 aliphatic rings. The molecule has 0 spiro atoms. The highest BCUT2D eigenvalue weighted by molar-refractivity contribution is 6.05. The van der Waals surface area contributed by atoms with Crippen molar-refractivity contribution in [1.82, 2.24) is 4.90 Å². The first-order valence-corrected chi connectivity index (χ1v) is 7.66. The molecule has 4 heteroatoms. The Morgan fingerprint density at radius 2 is 1.74 bits per heavy atom. The summed E-state index contributed by atoms with van der Waals surface area (Å²) in [5.41, 5.74) is 0.0295. The summed E-state index contributed by atoms with van der Waals surface area (Å²) in [6.07, 6.45) is 5.91. The Morgan fingerprint density at radius 1 is 1.16 bits per heavy atom. The van der Waals surface area contributed by atoms with Crippen molar-refractivity contribution >= 4 is 11.8 Å². The molecule has 106 valence electrons. The van der Waals surface area contributed by atoms with Crippen molar-refractivity contribution in [3.8, 4) is 0 Å². The third-order valence-corrected chi connectivity index (χ3v) is 5.40. The Morgan fingerprint density at radius 3 is 2.21 bits per heavy atom. The molecule has 0 radical (unpaired) electrons. The summed E-state index contributed by atoms with van der Waals surface area (Å²) >= 11 is 0. The number of rotatable bonds is 5. The average Bonchev–Trinajstić information content (AvgIpc) is 2.81. The van der Waals surface area contributed by atoms with Gasteiger partial charge in [-0.15, -0.1) is 0 Å². The number of hydrogen-bond donors (Lipinski definition) is 0. The van der Waals surface area contributed by atoms with Crippen molar-refractivity contribution in [1.29, 1.82) is 0 Å². The number of fused-ring (bicyclic) bond motifs is 1. The van der Waals surface area contributed by atoms with Crippen LogP contribution in [0.2, 0.25) is 0 Å². The minimum Gasteiger partial charge on any atom is -0.366 e. The summed E-state index contributed by atoms with van der Waals surface area (Å²) < 4.78 is 5.78.